The molecule has 0 aliphatic heterocycles. The molecule has 0 spiro atoms. The number of amides is 1. The predicted molar refractivity (Wildman–Crippen MR) is 35.7 cm³/mol. The molecule has 0 aliphatic carbocycles. The topological polar surface area (TPSA) is 55.1 Å². The van der Waals surface area contributed by atoms with Crippen LogP contribution in [0.25, 0.3) is 0 Å². The molecule has 4 heteroatoms. The number of rotatable bonds is 2. The Morgan fingerprint density at radius 3 is 2.70 bits per heavy atom. The molecule has 0 saturated heterocycles. The molecule has 0 aromatic carbocycles. The fourth-order valence-corrected chi connectivity index (χ4v) is 0.608. The molecule has 0 fully saturated rings. The van der Waals surface area contributed by atoms with Crippen molar-refractivity contribution in [2.45, 2.75) is 13.8 Å². The molecule has 0 saturated carbocycles. The van der Waals surface area contributed by atoms with E-state index in [4.69, 9.17) is 4.52 Å². The fraction of sp³-hybridized carbons (Fsp3) is 0.333. The molecule has 10 heavy (non-hydrogen) atoms. The minimum Gasteiger partial charge on any atom is -0.359 e. The van der Waals surface area contributed by atoms with Gasteiger partial charge in [0, 0.05) is 5.56 Å². The fourth-order valence-electron chi connectivity index (χ4n) is 0.608. The number of aromatic nitrogens is 1. The van der Waals surface area contributed by atoms with Gasteiger partial charge in [0.1, 0.15) is 5.76 Å². The summed E-state index contributed by atoms with van der Waals surface area (Å²) >= 11 is 0. The molecule has 1 aromatic rings. The van der Waals surface area contributed by atoms with Crippen LogP contribution < -0.4 is 5.32 Å². The summed E-state index contributed by atoms with van der Waals surface area (Å²) in [6, 6.07) is 0. The maximum Gasteiger partial charge on any atom is 0.212 e. The van der Waals surface area contributed by atoms with Crippen molar-refractivity contribution < 1.29 is 9.32 Å². The summed E-state index contributed by atoms with van der Waals surface area (Å²) < 4.78 is 4.78. The van der Waals surface area contributed by atoms with Gasteiger partial charge in [0.25, 0.3) is 0 Å². The van der Waals surface area contributed by atoms with Gasteiger partial charge in [0.15, 0.2) is 5.82 Å². The third-order valence-corrected chi connectivity index (χ3v) is 1.35. The van der Waals surface area contributed by atoms with E-state index in [0.717, 1.165) is 11.3 Å². The van der Waals surface area contributed by atoms with Crippen molar-refractivity contribution in [1.29, 1.82) is 0 Å². The number of aryl methyl sites for hydroxylation is 1. The number of nitrogens with zero attached hydrogens (tertiary/aromatic N) is 1. The van der Waals surface area contributed by atoms with E-state index in [9.17, 15) is 4.79 Å². The largest absolute Gasteiger partial charge is 0.359 e. The molecule has 4 nitrogen and oxygen atoms in total. The molecule has 0 unspecified atom stereocenters. The van der Waals surface area contributed by atoms with E-state index >= 15 is 0 Å². The lowest BCUT2D eigenvalue weighted by atomic mass is 10.3. The van der Waals surface area contributed by atoms with E-state index in [-0.39, 0.29) is 0 Å². The normalized spacial score (nSPS) is 9.40. The van der Waals surface area contributed by atoms with Crippen molar-refractivity contribution in [3.8, 4) is 0 Å². The van der Waals surface area contributed by atoms with Crippen LogP contribution in [0.2, 0.25) is 0 Å². The summed E-state index contributed by atoms with van der Waals surface area (Å²) in [5, 5.41) is 6.00. The Kier molecular flexibility index (Phi) is 1.71. The van der Waals surface area contributed by atoms with Crippen LogP contribution >= 0.6 is 0 Å². The molecule has 1 amide bonds. The Hall–Kier alpha value is -1.32. The van der Waals surface area contributed by atoms with E-state index in [2.05, 4.69) is 10.5 Å². The molecule has 54 valence electrons. The van der Waals surface area contributed by atoms with Crippen LogP contribution in [-0.4, -0.2) is 11.6 Å². The average molecular weight is 140 g/mol. The summed E-state index contributed by atoms with van der Waals surface area (Å²) in [6.45, 7) is 3.62. The molecule has 0 atom stereocenters. The Balaban J connectivity index is 2.93. The lowest BCUT2D eigenvalue weighted by Gasteiger charge is -1.88. The van der Waals surface area contributed by atoms with Crippen molar-refractivity contribution in [2.24, 2.45) is 0 Å². The molecule has 0 aliphatic rings. The van der Waals surface area contributed by atoms with Crippen LogP contribution in [0.4, 0.5) is 5.82 Å². The number of anilines is 1. The summed E-state index contributed by atoms with van der Waals surface area (Å²) in [5.41, 5.74) is 0.868. The first-order chi connectivity index (χ1) is 4.75. The van der Waals surface area contributed by atoms with Crippen LogP contribution in [0.3, 0.4) is 0 Å². The predicted octanol–water partition coefficient (Wildman–Crippen LogP) is 0.860. The maximum absolute atomic E-state index is 9.94. The van der Waals surface area contributed by atoms with Crippen LogP contribution in [0.1, 0.15) is 11.3 Å². The van der Waals surface area contributed by atoms with Crippen LogP contribution in [0.15, 0.2) is 4.52 Å². The zero-order chi connectivity index (χ0) is 7.56. The quantitative estimate of drug-likeness (QED) is 0.620. The van der Waals surface area contributed by atoms with Gasteiger partial charge < -0.3 is 9.84 Å². The monoisotopic (exact) mass is 140 g/mol. The number of carbonyl (C=O) groups is 1. The smallest absolute Gasteiger partial charge is 0.212 e. The minimum atomic E-state index is 0.493. The Morgan fingerprint density at radius 2 is 2.30 bits per heavy atom. The number of nitrogens with one attached hydrogen (secondary N) is 1. The summed E-state index contributed by atoms with van der Waals surface area (Å²) in [7, 11) is 0. The van der Waals surface area contributed by atoms with E-state index in [0.29, 0.717) is 12.2 Å². The number of carbonyl (C=O) groups excluding carboxylic acids is 1. The maximum atomic E-state index is 9.94. The van der Waals surface area contributed by atoms with Gasteiger partial charge in [-0.2, -0.15) is 0 Å². The van der Waals surface area contributed by atoms with Gasteiger partial charge in [0.2, 0.25) is 6.41 Å². The molecule has 0 bridgehead atoms. The second-order valence-electron chi connectivity index (χ2n) is 1.97. The molecule has 1 aromatic heterocycles. The van der Waals surface area contributed by atoms with E-state index in [1.165, 1.54) is 0 Å². The van der Waals surface area contributed by atoms with Gasteiger partial charge >= 0.3 is 0 Å². The standard InChI is InChI=1S/C6H8N2O2/c1-4-5(2)10-8-6(4)7-3-9/h3H,1-2H3,(H,7,8,9). The SMILES string of the molecule is Cc1onc(NC=O)c1C. The third kappa shape index (κ3) is 1.00. The van der Waals surface area contributed by atoms with Gasteiger partial charge in [-0.25, -0.2) is 0 Å². The highest BCUT2D eigenvalue weighted by Gasteiger charge is 2.05. The van der Waals surface area contributed by atoms with E-state index in [1.54, 1.807) is 6.92 Å². The van der Waals surface area contributed by atoms with Gasteiger partial charge in [0.05, 0.1) is 0 Å². The Labute approximate surface area is 58.2 Å². The van der Waals surface area contributed by atoms with Gasteiger partial charge in [-0.15, -0.1) is 0 Å². The lowest BCUT2D eigenvalue weighted by molar-refractivity contribution is -0.105. The third-order valence-electron chi connectivity index (χ3n) is 1.35. The molecule has 1 rings (SSSR count). The number of hydrogen-bond acceptors (Lipinski definition) is 3. The number of hydrogen-bond donors (Lipinski definition) is 1. The van der Waals surface area contributed by atoms with Crippen molar-refractivity contribution in [3.05, 3.63) is 11.3 Å². The Morgan fingerprint density at radius 1 is 1.60 bits per heavy atom. The molecular weight excluding hydrogens is 132 g/mol. The van der Waals surface area contributed by atoms with Crippen LogP contribution in [-0.2, 0) is 4.79 Å². The van der Waals surface area contributed by atoms with Gasteiger partial charge in [-0.05, 0) is 13.8 Å². The highest BCUT2D eigenvalue weighted by molar-refractivity contribution is 5.70. The molecule has 1 N–H and O–H groups in total. The average Bonchev–Trinajstić information content (AvgIpc) is 2.20. The Bertz CT molecular complexity index is 242. The zero-order valence-electron chi connectivity index (χ0n) is 5.84. The summed E-state index contributed by atoms with van der Waals surface area (Å²) in [4.78, 5) is 9.94. The second kappa shape index (κ2) is 2.51. The first kappa shape index (κ1) is 6.80. The lowest BCUT2D eigenvalue weighted by Crippen LogP contribution is -1.94. The molecular formula is C6H8N2O2. The van der Waals surface area contributed by atoms with Crippen molar-refractivity contribution in [2.75, 3.05) is 5.32 Å². The summed E-state index contributed by atoms with van der Waals surface area (Å²) in [5.74, 6) is 1.22. The van der Waals surface area contributed by atoms with E-state index < -0.39 is 0 Å². The first-order valence-electron chi connectivity index (χ1n) is 2.88. The second-order valence-corrected chi connectivity index (χ2v) is 1.97. The first-order valence-corrected chi connectivity index (χ1v) is 2.88. The van der Waals surface area contributed by atoms with Crippen molar-refractivity contribution >= 4 is 12.2 Å². The molecule has 1 heterocycles. The van der Waals surface area contributed by atoms with Crippen LogP contribution in [0.5, 0.6) is 0 Å². The van der Waals surface area contributed by atoms with Gasteiger partial charge in [-0.1, -0.05) is 5.16 Å². The molecule has 0 radical (unpaired) electrons. The van der Waals surface area contributed by atoms with Crippen molar-refractivity contribution in [3.63, 3.8) is 0 Å². The minimum absolute atomic E-state index is 0.493. The van der Waals surface area contributed by atoms with E-state index in [1.807, 2.05) is 6.92 Å². The highest BCUT2D eigenvalue weighted by Crippen LogP contribution is 2.14. The van der Waals surface area contributed by atoms with Gasteiger partial charge in [-0.3, -0.25) is 4.79 Å². The van der Waals surface area contributed by atoms with Crippen LogP contribution in [0, 0.1) is 13.8 Å². The highest BCUT2D eigenvalue weighted by atomic mass is 16.5. The zero-order valence-corrected chi connectivity index (χ0v) is 5.84. The summed E-state index contributed by atoms with van der Waals surface area (Å²) in [6.07, 6.45) is 0.574. The van der Waals surface area contributed by atoms with Crippen molar-refractivity contribution in [1.82, 2.24) is 5.16 Å².